The first-order valence-electron chi connectivity index (χ1n) is 27.1. The van der Waals surface area contributed by atoms with E-state index in [0.29, 0.717) is 6.42 Å². The maximum Gasteiger partial charge on any atom is 0.220 e. The molecule has 350 valence electrons. The van der Waals surface area contributed by atoms with Crippen LogP contribution in [0.3, 0.4) is 0 Å². The van der Waals surface area contributed by atoms with Crippen molar-refractivity contribution < 1.29 is 15.0 Å². The van der Waals surface area contributed by atoms with Crippen molar-refractivity contribution in [3.63, 3.8) is 0 Å². The Hall–Kier alpha value is -1.13. The van der Waals surface area contributed by atoms with Crippen LogP contribution in [0.1, 0.15) is 303 Å². The zero-order chi connectivity index (χ0) is 42.8. The average Bonchev–Trinajstić information content (AvgIpc) is 3.24. The first-order chi connectivity index (χ1) is 29.2. The van der Waals surface area contributed by atoms with E-state index in [4.69, 9.17) is 0 Å². The van der Waals surface area contributed by atoms with E-state index in [2.05, 4.69) is 31.3 Å². The maximum atomic E-state index is 12.4. The Kier molecular flexibility index (Phi) is 50.2. The summed E-state index contributed by atoms with van der Waals surface area (Å²) in [6.07, 6.45) is 67.6. The number of aliphatic hydroxyl groups is 2. The van der Waals surface area contributed by atoms with Crippen molar-refractivity contribution in [2.75, 3.05) is 6.61 Å². The highest BCUT2D eigenvalue weighted by atomic mass is 16.3. The van der Waals surface area contributed by atoms with Gasteiger partial charge < -0.3 is 15.5 Å². The summed E-state index contributed by atoms with van der Waals surface area (Å²) in [5, 5.41) is 23.1. The van der Waals surface area contributed by atoms with Crippen LogP contribution in [0.4, 0.5) is 0 Å². The Morgan fingerprint density at radius 2 is 0.644 bits per heavy atom. The summed E-state index contributed by atoms with van der Waals surface area (Å²) in [5.74, 6) is -0.0592. The monoisotopic (exact) mass is 830 g/mol. The molecule has 0 aliphatic rings. The van der Waals surface area contributed by atoms with E-state index >= 15 is 0 Å². The van der Waals surface area contributed by atoms with Crippen molar-refractivity contribution >= 4 is 5.91 Å². The van der Waals surface area contributed by atoms with E-state index in [0.717, 1.165) is 25.7 Å². The molecule has 0 spiro atoms. The largest absolute Gasteiger partial charge is 0.394 e. The molecule has 0 aliphatic carbocycles. The standard InChI is InChI=1S/C55H107NO3/c1-3-5-7-9-11-13-15-17-19-21-22-23-24-25-26-27-28-29-30-31-32-33-34-35-37-39-41-43-45-47-49-51-55(59)56-53(52-57)54(58)50-48-46-44-42-40-38-36-20-18-16-14-12-10-8-6-4-2/h25-26,48,50,53-54,57-58H,3-24,27-47,49,51-52H2,1-2H3,(H,56,59)/b26-25-,50-48+. The minimum Gasteiger partial charge on any atom is -0.394 e. The molecule has 0 aliphatic heterocycles. The second kappa shape index (κ2) is 51.2. The fourth-order valence-electron chi connectivity index (χ4n) is 8.53. The van der Waals surface area contributed by atoms with Gasteiger partial charge in [-0.25, -0.2) is 0 Å². The van der Waals surface area contributed by atoms with Gasteiger partial charge in [0.2, 0.25) is 5.91 Å². The van der Waals surface area contributed by atoms with Crippen molar-refractivity contribution in [3.8, 4) is 0 Å². The predicted molar refractivity (Wildman–Crippen MR) is 262 cm³/mol. The topological polar surface area (TPSA) is 69.6 Å². The molecule has 4 heteroatoms. The summed E-state index contributed by atoms with van der Waals surface area (Å²) in [4.78, 5) is 12.4. The lowest BCUT2D eigenvalue weighted by Gasteiger charge is -2.20. The second-order valence-corrected chi connectivity index (χ2v) is 18.7. The van der Waals surface area contributed by atoms with Gasteiger partial charge in [0.15, 0.2) is 0 Å². The van der Waals surface area contributed by atoms with E-state index in [1.165, 1.54) is 257 Å². The third-order valence-corrected chi connectivity index (χ3v) is 12.7. The SMILES string of the molecule is CCCCCCCCCCCCCC/C=C\CCCCCCCCCCCCCCCCCC(=O)NC(CO)C(O)/C=C/CCCCCCCCCCCCCCCC. The molecule has 0 fully saturated rings. The third kappa shape index (κ3) is 47.8. The number of amides is 1. The fraction of sp³-hybridized carbons (Fsp3) is 0.909. The minimum atomic E-state index is -0.836. The van der Waals surface area contributed by atoms with Gasteiger partial charge in [-0.05, 0) is 44.9 Å². The van der Waals surface area contributed by atoms with Gasteiger partial charge in [0.1, 0.15) is 0 Å². The van der Waals surface area contributed by atoms with Crippen molar-refractivity contribution in [2.24, 2.45) is 0 Å². The Labute approximate surface area is 370 Å². The van der Waals surface area contributed by atoms with E-state index in [-0.39, 0.29) is 12.5 Å². The average molecular weight is 830 g/mol. The molecular formula is C55H107NO3. The molecule has 3 N–H and O–H groups in total. The number of aliphatic hydroxyl groups excluding tert-OH is 2. The van der Waals surface area contributed by atoms with Crippen LogP contribution in [0, 0.1) is 0 Å². The Morgan fingerprint density at radius 3 is 0.932 bits per heavy atom. The summed E-state index contributed by atoms with van der Waals surface area (Å²) < 4.78 is 0. The third-order valence-electron chi connectivity index (χ3n) is 12.7. The van der Waals surface area contributed by atoms with Crippen LogP contribution >= 0.6 is 0 Å². The molecule has 0 heterocycles. The van der Waals surface area contributed by atoms with E-state index in [1.807, 2.05) is 6.08 Å². The molecule has 4 nitrogen and oxygen atoms in total. The van der Waals surface area contributed by atoms with Gasteiger partial charge in [0, 0.05) is 6.42 Å². The van der Waals surface area contributed by atoms with Crippen LogP contribution in [0.5, 0.6) is 0 Å². The Bertz CT molecular complexity index is 855. The molecule has 59 heavy (non-hydrogen) atoms. The molecule has 0 rings (SSSR count). The first-order valence-corrected chi connectivity index (χ1v) is 27.1. The van der Waals surface area contributed by atoms with Crippen LogP contribution in [-0.2, 0) is 4.79 Å². The smallest absolute Gasteiger partial charge is 0.220 e. The number of hydrogen-bond donors (Lipinski definition) is 3. The lowest BCUT2D eigenvalue weighted by molar-refractivity contribution is -0.123. The number of allylic oxidation sites excluding steroid dienone is 3. The van der Waals surface area contributed by atoms with Crippen LogP contribution in [0.15, 0.2) is 24.3 Å². The zero-order valence-electron chi connectivity index (χ0n) is 40.3. The number of unbranched alkanes of at least 4 members (excludes halogenated alkanes) is 41. The van der Waals surface area contributed by atoms with Crippen LogP contribution in [0.25, 0.3) is 0 Å². The molecular weight excluding hydrogens is 723 g/mol. The van der Waals surface area contributed by atoms with Crippen molar-refractivity contribution in [1.82, 2.24) is 5.32 Å². The van der Waals surface area contributed by atoms with Gasteiger partial charge in [-0.15, -0.1) is 0 Å². The molecule has 0 aromatic carbocycles. The predicted octanol–water partition coefficient (Wildman–Crippen LogP) is 17.5. The Balaban J connectivity index is 3.44. The summed E-state index contributed by atoms with van der Waals surface area (Å²) in [7, 11) is 0. The van der Waals surface area contributed by atoms with Crippen LogP contribution in [-0.4, -0.2) is 34.9 Å². The molecule has 0 radical (unpaired) electrons. The number of nitrogens with one attached hydrogen (secondary N) is 1. The molecule has 0 bridgehead atoms. The number of carbonyl (C=O) groups is 1. The Morgan fingerprint density at radius 1 is 0.390 bits per heavy atom. The highest BCUT2D eigenvalue weighted by Gasteiger charge is 2.18. The first kappa shape index (κ1) is 57.9. The van der Waals surface area contributed by atoms with Crippen molar-refractivity contribution in [2.45, 2.75) is 315 Å². The normalized spacial score (nSPS) is 12.9. The lowest BCUT2D eigenvalue weighted by atomic mass is 10.0. The van der Waals surface area contributed by atoms with Crippen LogP contribution in [0.2, 0.25) is 0 Å². The van der Waals surface area contributed by atoms with Gasteiger partial charge in [-0.2, -0.15) is 0 Å². The van der Waals surface area contributed by atoms with Crippen LogP contribution < -0.4 is 5.32 Å². The molecule has 0 aromatic rings. The number of carbonyl (C=O) groups excluding carboxylic acids is 1. The number of rotatable bonds is 50. The zero-order valence-corrected chi connectivity index (χ0v) is 40.3. The fourth-order valence-corrected chi connectivity index (χ4v) is 8.53. The molecule has 0 saturated carbocycles. The summed E-state index contributed by atoms with van der Waals surface area (Å²) in [5.41, 5.74) is 0. The van der Waals surface area contributed by atoms with Crippen molar-refractivity contribution in [1.29, 1.82) is 0 Å². The van der Waals surface area contributed by atoms with E-state index in [9.17, 15) is 15.0 Å². The lowest BCUT2D eigenvalue weighted by Crippen LogP contribution is -2.45. The quantitative estimate of drug-likeness (QED) is 0.0422. The maximum absolute atomic E-state index is 12.4. The van der Waals surface area contributed by atoms with Gasteiger partial charge in [0.25, 0.3) is 0 Å². The van der Waals surface area contributed by atoms with Gasteiger partial charge >= 0.3 is 0 Å². The van der Waals surface area contributed by atoms with Gasteiger partial charge in [-0.1, -0.05) is 276 Å². The molecule has 0 saturated heterocycles. The van der Waals surface area contributed by atoms with E-state index < -0.39 is 12.1 Å². The summed E-state index contributed by atoms with van der Waals surface area (Å²) in [6.45, 7) is 4.34. The van der Waals surface area contributed by atoms with Crippen molar-refractivity contribution in [3.05, 3.63) is 24.3 Å². The van der Waals surface area contributed by atoms with Gasteiger partial charge in [0.05, 0.1) is 18.8 Å². The highest BCUT2D eigenvalue weighted by molar-refractivity contribution is 5.76. The molecule has 2 unspecified atom stereocenters. The summed E-state index contributed by atoms with van der Waals surface area (Å²) >= 11 is 0. The molecule has 2 atom stereocenters. The number of hydrogen-bond acceptors (Lipinski definition) is 3. The van der Waals surface area contributed by atoms with E-state index in [1.54, 1.807) is 6.08 Å². The molecule has 0 aromatic heterocycles. The van der Waals surface area contributed by atoms with Gasteiger partial charge in [-0.3, -0.25) is 4.79 Å². The summed E-state index contributed by atoms with van der Waals surface area (Å²) in [6, 6.07) is -0.619. The molecule has 1 amide bonds. The highest BCUT2D eigenvalue weighted by Crippen LogP contribution is 2.17. The minimum absolute atomic E-state index is 0.0592. The second-order valence-electron chi connectivity index (χ2n) is 18.7.